The highest BCUT2D eigenvalue weighted by Gasteiger charge is 2.22. The van der Waals surface area contributed by atoms with Gasteiger partial charge in [-0.25, -0.2) is 4.98 Å². The highest BCUT2D eigenvalue weighted by atomic mass is 32.2. The van der Waals surface area contributed by atoms with Crippen molar-refractivity contribution in [2.75, 3.05) is 50.0 Å². The Balaban J connectivity index is 1.56. The Morgan fingerprint density at radius 2 is 1.97 bits per heavy atom. The molecule has 0 radical (unpaired) electrons. The number of nitrogens with zero attached hydrogens (tertiary/aromatic N) is 3. The molecule has 1 aromatic heterocycles. The predicted molar refractivity (Wildman–Crippen MR) is 131 cm³/mol. The molecule has 2 heterocycles. The summed E-state index contributed by atoms with van der Waals surface area (Å²) in [6.07, 6.45) is 0.907. The topological polar surface area (TPSA) is 45.7 Å². The van der Waals surface area contributed by atoms with E-state index in [-0.39, 0.29) is 5.91 Å². The number of para-hydroxylation sites is 1. The van der Waals surface area contributed by atoms with Gasteiger partial charge in [-0.05, 0) is 55.0 Å². The molecule has 7 heteroatoms. The van der Waals surface area contributed by atoms with Crippen LogP contribution in [0, 0.1) is 6.92 Å². The summed E-state index contributed by atoms with van der Waals surface area (Å²) in [5, 5.41) is 0.781. The van der Waals surface area contributed by atoms with Crippen molar-refractivity contribution in [3.8, 4) is 0 Å². The van der Waals surface area contributed by atoms with Crippen LogP contribution in [0.2, 0.25) is 0 Å². The van der Waals surface area contributed by atoms with E-state index < -0.39 is 0 Å². The first-order valence-electron chi connectivity index (χ1n) is 10.9. The van der Waals surface area contributed by atoms with E-state index in [9.17, 15) is 4.79 Å². The number of thioether (sulfide) groups is 1. The highest BCUT2D eigenvalue weighted by molar-refractivity contribution is 7.99. The number of fused-ring (bicyclic) bond motifs is 1. The van der Waals surface area contributed by atoms with Crippen molar-refractivity contribution < 1.29 is 9.53 Å². The number of ether oxygens (including phenoxy) is 1. The van der Waals surface area contributed by atoms with E-state index >= 15 is 0 Å². The Hall–Kier alpha value is -1.93. The number of anilines is 1. The second-order valence-corrected chi connectivity index (χ2v) is 9.99. The number of hydrogen-bond acceptors (Lipinski definition) is 6. The molecule has 2 aromatic carbocycles. The Morgan fingerprint density at radius 3 is 2.68 bits per heavy atom. The average Bonchev–Trinajstić information content (AvgIpc) is 3.23. The van der Waals surface area contributed by atoms with Gasteiger partial charge in [-0.15, -0.1) is 11.8 Å². The van der Waals surface area contributed by atoms with Crippen LogP contribution in [-0.4, -0.2) is 60.9 Å². The maximum absolute atomic E-state index is 13.5. The number of carbonyl (C=O) groups is 1. The van der Waals surface area contributed by atoms with E-state index in [2.05, 4.69) is 30.9 Å². The second kappa shape index (κ2) is 10.6. The van der Waals surface area contributed by atoms with Gasteiger partial charge in [-0.2, -0.15) is 0 Å². The molecular formula is C24H29N3O2S2. The first kappa shape index (κ1) is 22.3. The van der Waals surface area contributed by atoms with Gasteiger partial charge in [0.1, 0.15) is 0 Å². The third kappa shape index (κ3) is 5.47. The van der Waals surface area contributed by atoms with Crippen LogP contribution in [0.5, 0.6) is 0 Å². The van der Waals surface area contributed by atoms with Gasteiger partial charge in [-0.1, -0.05) is 30.4 Å². The molecule has 0 atom stereocenters. The molecule has 1 fully saturated rings. The van der Waals surface area contributed by atoms with Gasteiger partial charge in [0.2, 0.25) is 0 Å². The van der Waals surface area contributed by atoms with Crippen LogP contribution in [-0.2, 0) is 4.74 Å². The quantitative estimate of drug-likeness (QED) is 0.443. The molecule has 1 aliphatic rings. The fraction of sp³-hybridized carbons (Fsp3) is 0.417. The van der Waals surface area contributed by atoms with Crippen LogP contribution in [0.25, 0.3) is 10.2 Å². The Morgan fingerprint density at radius 1 is 1.19 bits per heavy atom. The largest absolute Gasteiger partial charge is 0.379 e. The normalized spacial score (nSPS) is 14.8. The summed E-state index contributed by atoms with van der Waals surface area (Å²) in [5.74, 6) is 1.04. The van der Waals surface area contributed by atoms with Crippen molar-refractivity contribution in [2.24, 2.45) is 0 Å². The SMILES string of the molecule is CCSc1ccc(C(=O)N(CCCN2CCOCC2)c2nc3c(C)cccc3s2)cc1. The van der Waals surface area contributed by atoms with Crippen LogP contribution in [0.1, 0.15) is 29.3 Å². The third-order valence-corrected chi connectivity index (χ3v) is 7.40. The van der Waals surface area contributed by atoms with Crippen molar-refractivity contribution in [1.82, 2.24) is 9.88 Å². The van der Waals surface area contributed by atoms with Crippen LogP contribution in [0.15, 0.2) is 47.4 Å². The molecule has 0 spiro atoms. The molecule has 164 valence electrons. The number of benzene rings is 2. The molecule has 4 rings (SSSR count). The monoisotopic (exact) mass is 455 g/mol. The zero-order valence-electron chi connectivity index (χ0n) is 18.2. The summed E-state index contributed by atoms with van der Waals surface area (Å²) >= 11 is 3.38. The number of aromatic nitrogens is 1. The number of amides is 1. The van der Waals surface area contributed by atoms with Crippen molar-refractivity contribution in [3.63, 3.8) is 0 Å². The summed E-state index contributed by atoms with van der Waals surface area (Å²) < 4.78 is 6.57. The number of carbonyl (C=O) groups excluding carboxylic acids is 1. The standard InChI is InChI=1S/C24H29N3O2S2/c1-3-30-20-10-8-19(9-11-20)23(28)27(13-5-12-26-14-16-29-17-15-26)24-25-22-18(2)6-4-7-21(22)31-24/h4,6-11H,3,5,12-17H2,1-2H3. The lowest BCUT2D eigenvalue weighted by Crippen LogP contribution is -2.39. The maximum atomic E-state index is 13.5. The van der Waals surface area contributed by atoms with Crippen molar-refractivity contribution >= 4 is 44.4 Å². The fourth-order valence-electron chi connectivity index (χ4n) is 3.77. The molecule has 0 aliphatic carbocycles. The molecule has 1 amide bonds. The van der Waals surface area contributed by atoms with Crippen LogP contribution in [0.4, 0.5) is 5.13 Å². The average molecular weight is 456 g/mol. The first-order valence-corrected chi connectivity index (χ1v) is 12.7. The van der Waals surface area contributed by atoms with Crippen LogP contribution in [0.3, 0.4) is 0 Å². The predicted octanol–water partition coefficient (Wildman–Crippen LogP) is 5.09. The maximum Gasteiger partial charge on any atom is 0.260 e. The summed E-state index contributed by atoms with van der Waals surface area (Å²) in [6.45, 7) is 9.33. The minimum absolute atomic E-state index is 0.0201. The first-order chi connectivity index (χ1) is 15.2. The summed E-state index contributed by atoms with van der Waals surface area (Å²) in [6, 6.07) is 14.2. The van der Waals surface area contributed by atoms with Gasteiger partial charge in [0.15, 0.2) is 5.13 Å². The van der Waals surface area contributed by atoms with E-state index in [0.29, 0.717) is 12.1 Å². The second-order valence-electron chi connectivity index (χ2n) is 7.64. The summed E-state index contributed by atoms with van der Waals surface area (Å²) in [5.41, 5.74) is 2.84. The molecule has 0 N–H and O–H groups in total. The smallest absolute Gasteiger partial charge is 0.260 e. The molecule has 1 saturated heterocycles. The summed E-state index contributed by atoms with van der Waals surface area (Å²) in [7, 11) is 0. The molecule has 1 aliphatic heterocycles. The summed E-state index contributed by atoms with van der Waals surface area (Å²) in [4.78, 5) is 23.8. The molecule has 0 unspecified atom stereocenters. The number of aryl methyl sites for hydroxylation is 1. The molecule has 0 bridgehead atoms. The van der Waals surface area contributed by atoms with E-state index in [1.807, 2.05) is 35.2 Å². The van der Waals surface area contributed by atoms with Crippen LogP contribution >= 0.6 is 23.1 Å². The van der Waals surface area contributed by atoms with E-state index in [0.717, 1.165) is 65.9 Å². The number of thiazole rings is 1. The Labute approximate surface area is 192 Å². The van der Waals surface area contributed by atoms with Gasteiger partial charge in [-0.3, -0.25) is 14.6 Å². The van der Waals surface area contributed by atoms with Crippen LogP contribution < -0.4 is 4.90 Å². The third-order valence-electron chi connectivity index (χ3n) is 5.46. The van der Waals surface area contributed by atoms with Gasteiger partial charge in [0.05, 0.1) is 23.4 Å². The molecular weight excluding hydrogens is 426 g/mol. The minimum atomic E-state index is 0.0201. The fourth-order valence-corrected chi connectivity index (χ4v) is 5.50. The van der Waals surface area contributed by atoms with Gasteiger partial charge < -0.3 is 4.74 Å². The van der Waals surface area contributed by atoms with E-state index in [4.69, 9.17) is 9.72 Å². The lowest BCUT2D eigenvalue weighted by atomic mass is 10.2. The lowest BCUT2D eigenvalue weighted by molar-refractivity contribution is 0.0376. The Bertz CT molecular complexity index is 1010. The minimum Gasteiger partial charge on any atom is -0.379 e. The van der Waals surface area contributed by atoms with Crippen molar-refractivity contribution in [2.45, 2.75) is 25.2 Å². The number of rotatable bonds is 8. The number of hydrogen-bond donors (Lipinski definition) is 0. The van der Waals surface area contributed by atoms with Crippen molar-refractivity contribution in [3.05, 3.63) is 53.6 Å². The Kier molecular flexibility index (Phi) is 7.61. The van der Waals surface area contributed by atoms with E-state index in [1.165, 1.54) is 4.90 Å². The molecule has 0 saturated carbocycles. The van der Waals surface area contributed by atoms with Gasteiger partial charge in [0, 0.05) is 36.6 Å². The molecule has 31 heavy (non-hydrogen) atoms. The zero-order valence-corrected chi connectivity index (χ0v) is 19.8. The molecule has 5 nitrogen and oxygen atoms in total. The van der Waals surface area contributed by atoms with E-state index in [1.54, 1.807) is 23.1 Å². The number of morpholine rings is 1. The van der Waals surface area contributed by atoms with Gasteiger partial charge in [0.25, 0.3) is 5.91 Å². The highest BCUT2D eigenvalue weighted by Crippen LogP contribution is 2.31. The zero-order chi connectivity index (χ0) is 21.6. The van der Waals surface area contributed by atoms with Gasteiger partial charge >= 0.3 is 0 Å². The lowest BCUT2D eigenvalue weighted by Gasteiger charge is -2.27. The van der Waals surface area contributed by atoms with Crippen molar-refractivity contribution in [1.29, 1.82) is 0 Å². The molecule has 3 aromatic rings.